The van der Waals surface area contributed by atoms with Crippen LogP contribution in [0.15, 0.2) is 45.2 Å². The average Bonchev–Trinajstić information content (AvgIpc) is 2.86. The number of nitrogens with zero attached hydrogens (tertiary/aromatic N) is 1. The first-order valence-electron chi connectivity index (χ1n) is 5.86. The molecule has 0 amide bonds. The Kier molecular flexibility index (Phi) is 5.11. The molecule has 2 rings (SSSR count). The molecule has 0 aliphatic carbocycles. The van der Waals surface area contributed by atoms with Gasteiger partial charge in [0.2, 0.25) is 0 Å². The summed E-state index contributed by atoms with van der Waals surface area (Å²) in [5.41, 5.74) is 1.17. The zero-order valence-electron chi connectivity index (χ0n) is 10.1. The molecule has 18 heavy (non-hydrogen) atoms. The molecule has 2 aromatic rings. The Morgan fingerprint density at radius 2 is 2.33 bits per heavy atom. The first kappa shape index (κ1) is 13.5. The molecule has 1 aromatic heterocycles. The molecule has 0 aliphatic heterocycles. The summed E-state index contributed by atoms with van der Waals surface area (Å²) >= 11 is 7.55. The minimum atomic E-state index is 0.647. The lowest BCUT2D eigenvalue weighted by atomic mass is 10.2. The predicted molar refractivity (Wildman–Crippen MR) is 74.1 cm³/mol. The second-order valence-corrected chi connectivity index (χ2v) is 5.26. The molecule has 0 saturated heterocycles. The number of benzene rings is 1. The first-order valence-corrected chi connectivity index (χ1v) is 7.05. The van der Waals surface area contributed by atoms with Crippen LogP contribution >= 0.6 is 23.4 Å². The zero-order valence-corrected chi connectivity index (χ0v) is 11.7. The fourth-order valence-electron chi connectivity index (χ4n) is 1.54. The Hall–Kier alpha value is -0.970. The van der Waals surface area contributed by atoms with Gasteiger partial charge in [-0.3, -0.25) is 0 Å². The van der Waals surface area contributed by atoms with Gasteiger partial charge in [-0.25, -0.2) is 4.98 Å². The number of hydrogen-bond acceptors (Lipinski definition) is 4. The smallest absolute Gasteiger partial charge is 0.260 e. The predicted octanol–water partition coefficient (Wildman–Crippen LogP) is 3.98. The fourth-order valence-corrected chi connectivity index (χ4v) is 2.54. The Balaban J connectivity index is 2.12. The number of oxazole rings is 1. The van der Waals surface area contributed by atoms with Crippen LogP contribution in [0.1, 0.15) is 18.9 Å². The third kappa shape index (κ3) is 3.77. The van der Waals surface area contributed by atoms with Crippen LogP contribution in [0.25, 0.3) is 0 Å². The normalized spacial score (nSPS) is 10.8. The summed E-state index contributed by atoms with van der Waals surface area (Å²) in [7, 11) is 0. The Morgan fingerprint density at radius 3 is 3.06 bits per heavy atom. The molecule has 0 unspecified atom stereocenters. The van der Waals surface area contributed by atoms with Crippen molar-refractivity contribution in [2.75, 3.05) is 6.54 Å². The molecule has 0 aliphatic rings. The summed E-state index contributed by atoms with van der Waals surface area (Å²) in [5.74, 6) is 0. The maximum Gasteiger partial charge on any atom is 0.260 e. The SMILES string of the molecule is CCCNCc1cc(Cl)ccc1Sc1ncco1. The molecule has 1 heterocycles. The first-order chi connectivity index (χ1) is 8.79. The van der Waals surface area contributed by atoms with Crippen LogP contribution in [0, 0.1) is 0 Å². The van der Waals surface area contributed by atoms with E-state index in [2.05, 4.69) is 17.2 Å². The molecular weight excluding hydrogens is 268 g/mol. The Morgan fingerprint density at radius 1 is 1.44 bits per heavy atom. The van der Waals surface area contributed by atoms with E-state index in [1.165, 1.54) is 17.3 Å². The molecule has 0 bridgehead atoms. The van der Waals surface area contributed by atoms with Crippen molar-refractivity contribution in [2.24, 2.45) is 0 Å². The Labute approximate surface area is 116 Å². The minimum Gasteiger partial charge on any atom is -0.440 e. The molecule has 0 radical (unpaired) electrons. The molecule has 96 valence electrons. The third-order valence-electron chi connectivity index (χ3n) is 2.37. The van der Waals surface area contributed by atoms with Crippen molar-refractivity contribution in [1.82, 2.24) is 10.3 Å². The van der Waals surface area contributed by atoms with Crippen LogP contribution < -0.4 is 5.32 Å². The van der Waals surface area contributed by atoms with Crippen molar-refractivity contribution < 1.29 is 4.42 Å². The van der Waals surface area contributed by atoms with Crippen molar-refractivity contribution >= 4 is 23.4 Å². The van der Waals surface area contributed by atoms with Crippen molar-refractivity contribution in [1.29, 1.82) is 0 Å². The zero-order chi connectivity index (χ0) is 12.8. The van der Waals surface area contributed by atoms with Gasteiger partial charge in [0.1, 0.15) is 6.26 Å². The molecule has 5 heteroatoms. The van der Waals surface area contributed by atoms with E-state index in [0.29, 0.717) is 5.22 Å². The van der Waals surface area contributed by atoms with E-state index in [9.17, 15) is 0 Å². The highest BCUT2D eigenvalue weighted by Gasteiger charge is 2.08. The second-order valence-electron chi connectivity index (χ2n) is 3.83. The summed E-state index contributed by atoms with van der Waals surface area (Å²) in [6.45, 7) is 3.94. The van der Waals surface area contributed by atoms with E-state index in [-0.39, 0.29) is 0 Å². The molecule has 1 N–H and O–H groups in total. The van der Waals surface area contributed by atoms with Gasteiger partial charge in [0, 0.05) is 16.5 Å². The van der Waals surface area contributed by atoms with Gasteiger partial charge in [-0.2, -0.15) is 0 Å². The van der Waals surface area contributed by atoms with E-state index >= 15 is 0 Å². The highest BCUT2D eigenvalue weighted by molar-refractivity contribution is 7.99. The number of hydrogen-bond donors (Lipinski definition) is 1. The van der Waals surface area contributed by atoms with Gasteiger partial charge in [-0.15, -0.1) is 0 Å². The fraction of sp³-hybridized carbons (Fsp3) is 0.308. The van der Waals surface area contributed by atoms with Crippen molar-refractivity contribution in [3.8, 4) is 0 Å². The van der Waals surface area contributed by atoms with Crippen LogP contribution in [0.3, 0.4) is 0 Å². The van der Waals surface area contributed by atoms with E-state index in [1.54, 1.807) is 12.5 Å². The number of aromatic nitrogens is 1. The lowest BCUT2D eigenvalue weighted by Gasteiger charge is -2.09. The standard InChI is InChI=1S/C13H15ClN2OS/c1-2-5-15-9-10-8-11(14)3-4-12(10)18-13-16-6-7-17-13/h3-4,6-8,15H,2,5,9H2,1H3. The average molecular weight is 283 g/mol. The highest BCUT2D eigenvalue weighted by atomic mass is 35.5. The highest BCUT2D eigenvalue weighted by Crippen LogP contribution is 2.30. The summed E-state index contributed by atoms with van der Waals surface area (Å²) in [4.78, 5) is 5.23. The molecular formula is C13H15ClN2OS. The lowest BCUT2D eigenvalue weighted by Crippen LogP contribution is -2.14. The second kappa shape index (κ2) is 6.83. The van der Waals surface area contributed by atoms with Gasteiger partial charge in [0.25, 0.3) is 5.22 Å². The van der Waals surface area contributed by atoms with Gasteiger partial charge in [0.05, 0.1) is 6.20 Å². The molecule has 0 saturated carbocycles. The minimum absolute atomic E-state index is 0.647. The van der Waals surface area contributed by atoms with Crippen LogP contribution in [0.5, 0.6) is 0 Å². The molecule has 3 nitrogen and oxygen atoms in total. The van der Waals surface area contributed by atoms with Gasteiger partial charge in [-0.1, -0.05) is 18.5 Å². The van der Waals surface area contributed by atoms with Gasteiger partial charge < -0.3 is 9.73 Å². The summed E-state index contributed by atoms with van der Waals surface area (Å²) < 4.78 is 5.25. The summed E-state index contributed by atoms with van der Waals surface area (Å²) in [6, 6.07) is 5.87. The van der Waals surface area contributed by atoms with Crippen LogP contribution in [-0.2, 0) is 6.54 Å². The van der Waals surface area contributed by atoms with E-state index in [0.717, 1.165) is 29.4 Å². The van der Waals surface area contributed by atoms with Crippen LogP contribution in [-0.4, -0.2) is 11.5 Å². The third-order valence-corrected chi connectivity index (χ3v) is 3.60. The number of nitrogens with one attached hydrogen (secondary N) is 1. The van der Waals surface area contributed by atoms with Crippen molar-refractivity contribution in [3.63, 3.8) is 0 Å². The van der Waals surface area contributed by atoms with E-state index in [1.807, 2.05) is 18.2 Å². The monoisotopic (exact) mass is 282 g/mol. The molecule has 0 spiro atoms. The topological polar surface area (TPSA) is 38.1 Å². The van der Waals surface area contributed by atoms with Gasteiger partial charge in [-0.05, 0) is 48.5 Å². The summed E-state index contributed by atoms with van der Waals surface area (Å²) in [5, 5.41) is 4.77. The lowest BCUT2D eigenvalue weighted by molar-refractivity contribution is 0.454. The van der Waals surface area contributed by atoms with Gasteiger partial charge in [0.15, 0.2) is 0 Å². The quantitative estimate of drug-likeness (QED) is 0.814. The summed E-state index contributed by atoms with van der Waals surface area (Å²) in [6.07, 6.45) is 4.34. The number of rotatable bonds is 6. The van der Waals surface area contributed by atoms with Crippen LogP contribution in [0.2, 0.25) is 5.02 Å². The number of halogens is 1. The maximum absolute atomic E-state index is 6.04. The van der Waals surface area contributed by atoms with Crippen molar-refractivity contribution in [3.05, 3.63) is 41.2 Å². The van der Waals surface area contributed by atoms with Crippen LogP contribution in [0.4, 0.5) is 0 Å². The van der Waals surface area contributed by atoms with Crippen molar-refractivity contribution in [2.45, 2.75) is 30.0 Å². The maximum atomic E-state index is 6.04. The molecule has 0 fully saturated rings. The molecule has 0 atom stereocenters. The Bertz CT molecular complexity index is 488. The van der Waals surface area contributed by atoms with E-state index in [4.69, 9.17) is 16.0 Å². The largest absolute Gasteiger partial charge is 0.440 e. The van der Waals surface area contributed by atoms with Gasteiger partial charge >= 0.3 is 0 Å². The van der Waals surface area contributed by atoms with E-state index < -0.39 is 0 Å². The molecule has 1 aromatic carbocycles.